The van der Waals surface area contributed by atoms with Crippen molar-refractivity contribution in [2.75, 3.05) is 5.43 Å². The minimum absolute atomic E-state index is 0.193. The molecule has 100 valence electrons. The van der Waals surface area contributed by atoms with Gasteiger partial charge in [-0.2, -0.15) is 5.10 Å². The molecule has 0 atom stereocenters. The summed E-state index contributed by atoms with van der Waals surface area (Å²) in [6.07, 6.45) is 1.55. The Kier molecular flexibility index (Phi) is 3.09. The van der Waals surface area contributed by atoms with Crippen molar-refractivity contribution in [1.82, 2.24) is 9.97 Å². The molecule has 0 spiro atoms. The van der Waals surface area contributed by atoms with Crippen molar-refractivity contribution >= 4 is 23.2 Å². The Morgan fingerprint density at radius 2 is 2.10 bits per heavy atom. The van der Waals surface area contributed by atoms with Gasteiger partial charge in [0.2, 0.25) is 5.95 Å². The van der Waals surface area contributed by atoms with E-state index in [1.807, 2.05) is 31.2 Å². The fourth-order valence-corrected chi connectivity index (χ4v) is 1.94. The van der Waals surface area contributed by atoms with Crippen LogP contribution in [0, 0.1) is 6.92 Å². The van der Waals surface area contributed by atoms with Crippen molar-refractivity contribution in [2.24, 2.45) is 5.10 Å². The van der Waals surface area contributed by atoms with Gasteiger partial charge in [-0.25, -0.2) is 10.4 Å². The third-order valence-electron chi connectivity index (χ3n) is 2.95. The van der Waals surface area contributed by atoms with E-state index in [-0.39, 0.29) is 5.75 Å². The molecule has 3 N–H and O–H groups in total. The number of para-hydroxylation sites is 1. The maximum absolute atomic E-state index is 9.61. The number of benzene rings is 2. The number of H-pyrrole nitrogens is 1. The van der Waals surface area contributed by atoms with E-state index in [2.05, 4.69) is 20.5 Å². The van der Waals surface area contributed by atoms with Crippen LogP contribution in [-0.2, 0) is 0 Å². The van der Waals surface area contributed by atoms with Crippen LogP contribution in [0.1, 0.15) is 11.1 Å². The van der Waals surface area contributed by atoms with Gasteiger partial charge in [0.1, 0.15) is 5.75 Å². The molecule has 2 aromatic carbocycles. The number of anilines is 1. The first kappa shape index (κ1) is 12.2. The van der Waals surface area contributed by atoms with Gasteiger partial charge in [-0.3, -0.25) is 0 Å². The van der Waals surface area contributed by atoms with E-state index in [9.17, 15) is 5.11 Å². The molecule has 20 heavy (non-hydrogen) atoms. The average molecular weight is 266 g/mol. The standard InChI is InChI=1S/C15H14N4O/c1-10-6-7-12-13(8-10)18-15(17-12)19-16-9-11-4-2-3-5-14(11)20/h2-9,20H,1H3,(H2,17,18,19)/b16-9-. The van der Waals surface area contributed by atoms with Gasteiger partial charge < -0.3 is 10.1 Å². The van der Waals surface area contributed by atoms with Crippen LogP contribution in [0.4, 0.5) is 5.95 Å². The third kappa shape index (κ3) is 2.47. The molecule has 0 bridgehead atoms. The number of aromatic nitrogens is 2. The number of aryl methyl sites for hydroxylation is 1. The number of nitrogens with zero attached hydrogens (tertiary/aromatic N) is 2. The Morgan fingerprint density at radius 1 is 1.25 bits per heavy atom. The van der Waals surface area contributed by atoms with Crippen LogP contribution in [0.15, 0.2) is 47.6 Å². The van der Waals surface area contributed by atoms with E-state index < -0.39 is 0 Å². The zero-order chi connectivity index (χ0) is 13.9. The molecular formula is C15H14N4O. The second-order valence-electron chi connectivity index (χ2n) is 4.53. The zero-order valence-electron chi connectivity index (χ0n) is 11.0. The van der Waals surface area contributed by atoms with E-state index in [4.69, 9.17) is 0 Å². The van der Waals surface area contributed by atoms with E-state index >= 15 is 0 Å². The van der Waals surface area contributed by atoms with Crippen molar-refractivity contribution in [2.45, 2.75) is 6.92 Å². The Bertz CT molecular complexity index is 776. The van der Waals surface area contributed by atoms with Crippen LogP contribution in [-0.4, -0.2) is 21.3 Å². The maximum Gasteiger partial charge on any atom is 0.222 e. The Morgan fingerprint density at radius 3 is 2.95 bits per heavy atom. The summed E-state index contributed by atoms with van der Waals surface area (Å²) in [6, 6.07) is 13.0. The highest BCUT2D eigenvalue weighted by Gasteiger charge is 2.01. The largest absolute Gasteiger partial charge is 0.507 e. The van der Waals surface area contributed by atoms with Crippen molar-refractivity contribution in [3.05, 3.63) is 53.6 Å². The summed E-state index contributed by atoms with van der Waals surface area (Å²) in [6.45, 7) is 2.03. The smallest absolute Gasteiger partial charge is 0.222 e. The summed E-state index contributed by atoms with van der Waals surface area (Å²) in [4.78, 5) is 7.50. The van der Waals surface area contributed by atoms with Crippen molar-refractivity contribution < 1.29 is 5.11 Å². The molecule has 0 fully saturated rings. The molecule has 0 saturated carbocycles. The summed E-state index contributed by atoms with van der Waals surface area (Å²) >= 11 is 0. The number of phenolic OH excluding ortho intramolecular Hbond substituents is 1. The van der Waals surface area contributed by atoms with Crippen LogP contribution in [0.5, 0.6) is 5.75 Å². The van der Waals surface area contributed by atoms with Crippen LogP contribution in [0.3, 0.4) is 0 Å². The lowest BCUT2D eigenvalue weighted by Gasteiger charge is -1.97. The van der Waals surface area contributed by atoms with E-state index in [0.717, 1.165) is 11.0 Å². The normalized spacial score (nSPS) is 11.2. The van der Waals surface area contributed by atoms with Gasteiger partial charge in [-0.1, -0.05) is 18.2 Å². The first-order valence-electron chi connectivity index (χ1n) is 6.26. The van der Waals surface area contributed by atoms with Gasteiger partial charge in [-0.05, 0) is 36.8 Å². The number of aromatic amines is 1. The SMILES string of the molecule is Cc1ccc2nc(N/N=C\c3ccccc3O)[nH]c2c1. The highest BCUT2D eigenvalue weighted by atomic mass is 16.3. The molecule has 5 nitrogen and oxygen atoms in total. The van der Waals surface area contributed by atoms with Crippen LogP contribution < -0.4 is 5.43 Å². The van der Waals surface area contributed by atoms with E-state index in [1.54, 1.807) is 24.4 Å². The van der Waals surface area contributed by atoms with Crippen molar-refractivity contribution in [3.8, 4) is 5.75 Å². The lowest BCUT2D eigenvalue weighted by atomic mass is 10.2. The number of phenols is 1. The molecule has 3 aromatic rings. The third-order valence-corrected chi connectivity index (χ3v) is 2.95. The van der Waals surface area contributed by atoms with Crippen molar-refractivity contribution in [1.29, 1.82) is 0 Å². The highest BCUT2D eigenvalue weighted by Crippen LogP contribution is 2.16. The minimum Gasteiger partial charge on any atom is -0.507 e. The first-order valence-corrected chi connectivity index (χ1v) is 6.26. The van der Waals surface area contributed by atoms with Gasteiger partial charge in [0.15, 0.2) is 0 Å². The topological polar surface area (TPSA) is 73.3 Å². The van der Waals surface area contributed by atoms with Gasteiger partial charge in [-0.15, -0.1) is 0 Å². The number of hydrogen-bond acceptors (Lipinski definition) is 4. The lowest BCUT2D eigenvalue weighted by Crippen LogP contribution is -1.92. The summed E-state index contributed by atoms with van der Waals surface area (Å²) in [5, 5.41) is 13.7. The Balaban J connectivity index is 1.78. The molecule has 0 radical (unpaired) electrons. The fraction of sp³-hybridized carbons (Fsp3) is 0.0667. The maximum atomic E-state index is 9.61. The van der Waals surface area contributed by atoms with Gasteiger partial charge in [0.05, 0.1) is 17.2 Å². The summed E-state index contributed by atoms with van der Waals surface area (Å²) in [5.74, 6) is 0.760. The van der Waals surface area contributed by atoms with Gasteiger partial charge in [0.25, 0.3) is 0 Å². The number of rotatable bonds is 3. The number of nitrogens with one attached hydrogen (secondary N) is 2. The van der Waals surface area contributed by atoms with E-state index in [1.165, 1.54) is 5.56 Å². The molecule has 3 rings (SSSR count). The lowest BCUT2D eigenvalue weighted by molar-refractivity contribution is 0.474. The molecule has 0 saturated heterocycles. The molecular weight excluding hydrogens is 252 g/mol. The molecule has 0 aliphatic heterocycles. The predicted octanol–water partition coefficient (Wildman–Crippen LogP) is 3.02. The molecule has 0 unspecified atom stereocenters. The van der Waals surface area contributed by atoms with Crippen LogP contribution in [0.25, 0.3) is 11.0 Å². The molecule has 1 aromatic heterocycles. The second-order valence-corrected chi connectivity index (χ2v) is 4.53. The molecule has 5 heteroatoms. The monoisotopic (exact) mass is 266 g/mol. The molecule has 0 aliphatic rings. The number of fused-ring (bicyclic) bond motifs is 1. The molecule has 0 amide bonds. The highest BCUT2D eigenvalue weighted by molar-refractivity contribution is 5.84. The average Bonchev–Trinajstić information content (AvgIpc) is 2.83. The zero-order valence-corrected chi connectivity index (χ0v) is 11.0. The second kappa shape index (κ2) is 5.05. The number of imidazole rings is 1. The quantitative estimate of drug-likeness (QED) is 0.504. The van der Waals surface area contributed by atoms with Crippen LogP contribution >= 0.6 is 0 Å². The number of hydrogen-bond donors (Lipinski definition) is 3. The predicted molar refractivity (Wildman–Crippen MR) is 80.2 cm³/mol. The number of aromatic hydroxyl groups is 1. The van der Waals surface area contributed by atoms with Crippen molar-refractivity contribution in [3.63, 3.8) is 0 Å². The Labute approximate surface area is 116 Å². The summed E-state index contributed by atoms with van der Waals surface area (Å²) in [5.41, 5.74) is 6.49. The molecule has 0 aliphatic carbocycles. The minimum atomic E-state index is 0.193. The molecule has 1 heterocycles. The van der Waals surface area contributed by atoms with Gasteiger partial charge >= 0.3 is 0 Å². The summed E-state index contributed by atoms with van der Waals surface area (Å²) in [7, 11) is 0. The van der Waals surface area contributed by atoms with Gasteiger partial charge in [0, 0.05) is 5.56 Å². The first-order chi connectivity index (χ1) is 9.72. The number of hydrazone groups is 1. The van der Waals surface area contributed by atoms with E-state index in [0.29, 0.717) is 11.5 Å². The van der Waals surface area contributed by atoms with Crippen LogP contribution in [0.2, 0.25) is 0 Å². The fourth-order valence-electron chi connectivity index (χ4n) is 1.94. The Hall–Kier alpha value is -2.82. The summed E-state index contributed by atoms with van der Waals surface area (Å²) < 4.78 is 0.